The molecule has 0 aliphatic heterocycles. The number of aliphatic hydroxyl groups excluding tert-OH is 2. The highest BCUT2D eigenvalue weighted by Gasteiger charge is 2.26. The van der Waals surface area contributed by atoms with Crippen LogP contribution in [0.3, 0.4) is 0 Å². The minimum Gasteiger partial charge on any atom is -0.507 e. The van der Waals surface area contributed by atoms with Crippen molar-refractivity contribution in [3.8, 4) is 5.75 Å². The molecule has 1 aromatic carbocycles. The van der Waals surface area contributed by atoms with Gasteiger partial charge in [-0.1, -0.05) is 31.2 Å². The maximum absolute atomic E-state index is 12.4. The number of hydrogen-bond donors (Lipinski definition) is 5. The largest absolute Gasteiger partial charge is 0.507 e. The van der Waals surface area contributed by atoms with Crippen LogP contribution in [0.25, 0.3) is 0 Å². The van der Waals surface area contributed by atoms with Gasteiger partial charge in [-0.15, -0.1) is 0 Å². The Kier molecular flexibility index (Phi) is 11.1. The SMILES string of the molecule is CC/C=C\CC(=O)NCCC(NC(=O)c1ccccc1O)C(=O)OC(CO)CO. The number of carbonyl (C=O) groups excluding carboxylic acids is 3. The van der Waals surface area contributed by atoms with Crippen molar-refractivity contribution < 1.29 is 34.4 Å². The van der Waals surface area contributed by atoms with E-state index < -0.39 is 37.2 Å². The quantitative estimate of drug-likeness (QED) is 0.246. The van der Waals surface area contributed by atoms with Gasteiger partial charge in [-0.05, 0) is 25.0 Å². The van der Waals surface area contributed by atoms with Crippen LogP contribution < -0.4 is 10.6 Å². The van der Waals surface area contributed by atoms with Crippen LogP contribution in [0.4, 0.5) is 0 Å². The monoisotopic (exact) mass is 408 g/mol. The van der Waals surface area contributed by atoms with E-state index in [4.69, 9.17) is 14.9 Å². The van der Waals surface area contributed by atoms with Crippen LogP contribution in [0, 0.1) is 0 Å². The summed E-state index contributed by atoms with van der Waals surface area (Å²) in [4.78, 5) is 36.5. The molecule has 0 radical (unpaired) electrons. The molecule has 160 valence electrons. The number of aliphatic hydroxyl groups is 2. The Morgan fingerprint density at radius 3 is 2.45 bits per heavy atom. The second-order valence-corrected chi connectivity index (χ2v) is 6.19. The third kappa shape index (κ3) is 8.75. The Hall–Kier alpha value is -2.91. The molecule has 0 aliphatic rings. The van der Waals surface area contributed by atoms with Gasteiger partial charge in [0.2, 0.25) is 5.91 Å². The number of carbonyl (C=O) groups is 3. The van der Waals surface area contributed by atoms with E-state index in [1.165, 1.54) is 12.1 Å². The van der Waals surface area contributed by atoms with Crippen LogP contribution in [0.1, 0.15) is 36.5 Å². The Bertz CT molecular complexity index is 702. The van der Waals surface area contributed by atoms with Gasteiger partial charge in [0.15, 0.2) is 0 Å². The number of benzene rings is 1. The highest BCUT2D eigenvalue weighted by Crippen LogP contribution is 2.15. The van der Waals surface area contributed by atoms with Crippen molar-refractivity contribution >= 4 is 17.8 Å². The molecule has 5 N–H and O–H groups in total. The topological polar surface area (TPSA) is 145 Å². The molecule has 1 atom stereocenters. The molecule has 9 heteroatoms. The summed E-state index contributed by atoms with van der Waals surface area (Å²) in [6.45, 7) is 0.873. The lowest BCUT2D eigenvalue weighted by atomic mass is 10.1. The summed E-state index contributed by atoms with van der Waals surface area (Å²) in [5.74, 6) is -2.07. The molecule has 0 aromatic heterocycles. The van der Waals surface area contributed by atoms with E-state index in [0.717, 1.165) is 6.42 Å². The van der Waals surface area contributed by atoms with Crippen molar-refractivity contribution in [1.29, 1.82) is 0 Å². The second kappa shape index (κ2) is 13.3. The smallest absolute Gasteiger partial charge is 0.329 e. The van der Waals surface area contributed by atoms with Gasteiger partial charge < -0.3 is 30.7 Å². The number of ether oxygens (including phenoxy) is 1. The minimum atomic E-state index is -1.16. The Morgan fingerprint density at radius 2 is 1.83 bits per heavy atom. The number of phenolic OH excluding ortho intramolecular Hbond substituents is 1. The van der Waals surface area contributed by atoms with Crippen LogP contribution in [-0.2, 0) is 14.3 Å². The van der Waals surface area contributed by atoms with Crippen LogP contribution in [-0.4, -0.2) is 65.0 Å². The maximum Gasteiger partial charge on any atom is 0.329 e. The third-order valence-corrected chi connectivity index (χ3v) is 3.89. The molecule has 1 unspecified atom stereocenters. The number of rotatable bonds is 12. The normalized spacial score (nSPS) is 12.0. The molecule has 29 heavy (non-hydrogen) atoms. The van der Waals surface area contributed by atoms with Crippen LogP contribution in [0.2, 0.25) is 0 Å². The summed E-state index contributed by atoms with van der Waals surface area (Å²) < 4.78 is 4.97. The summed E-state index contributed by atoms with van der Waals surface area (Å²) in [5, 5.41) is 33.1. The number of phenols is 1. The van der Waals surface area contributed by atoms with Gasteiger partial charge in [0, 0.05) is 13.0 Å². The van der Waals surface area contributed by atoms with Crippen molar-refractivity contribution in [2.24, 2.45) is 0 Å². The first-order valence-corrected chi connectivity index (χ1v) is 9.35. The van der Waals surface area contributed by atoms with Crippen LogP contribution in [0.5, 0.6) is 5.75 Å². The average Bonchev–Trinajstić information content (AvgIpc) is 2.71. The Balaban J connectivity index is 2.76. The molecule has 2 amide bonds. The van der Waals surface area contributed by atoms with E-state index in [0.29, 0.717) is 0 Å². The zero-order valence-electron chi connectivity index (χ0n) is 16.3. The number of nitrogens with one attached hydrogen (secondary N) is 2. The van der Waals surface area contributed by atoms with E-state index in [-0.39, 0.29) is 36.6 Å². The molecule has 0 heterocycles. The lowest BCUT2D eigenvalue weighted by molar-refractivity contribution is -0.156. The zero-order chi connectivity index (χ0) is 21.6. The van der Waals surface area contributed by atoms with E-state index in [1.807, 2.05) is 13.0 Å². The first-order valence-electron chi connectivity index (χ1n) is 9.35. The Labute approximate surface area is 169 Å². The van der Waals surface area contributed by atoms with Gasteiger partial charge in [-0.25, -0.2) is 4.79 Å². The molecule has 0 aliphatic carbocycles. The van der Waals surface area contributed by atoms with E-state index >= 15 is 0 Å². The minimum absolute atomic E-state index is 0.0188. The molecular formula is C20H28N2O7. The van der Waals surface area contributed by atoms with E-state index in [2.05, 4.69) is 10.6 Å². The fraction of sp³-hybridized carbons (Fsp3) is 0.450. The lowest BCUT2D eigenvalue weighted by Gasteiger charge is -2.21. The first-order chi connectivity index (χ1) is 13.9. The van der Waals surface area contributed by atoms with Gasteiger partial charge in [-0.2, -0.15) is 0 Å². The summed E-state index contributed by atoms with van der Waals surface area (Å²) >= 11 is 0. The lowest BCUT2D eigenvalue weighted by Crippen LogP contribution is -2.45. The molecule has 1 rings (SSSR count). The summed E-state index contributed by atoms with van der Waals surface area (Å²) in [6.07, 6.45) is 3.50. The van der Waals surface area contributed by atoms with Crippen molar-refractivity contribution in [2.45, 2.75) is 38.3 Å². The third-order valence-electron chi connectivity index (χ3n) is 3.89. The van der Waals surface area contributed by atoms with Crippen molar-refractivity contribution in [3.63, 3.8) is 0 Å². The fourth-order valence-electron chi connectivity index (χ4n) is 2.31. The predicted octanol–water partition coefficient (Wildman–Crippen LogP) is 0.250. The molecule has 0 bridgehead atoms. The summed E-state index contributed by atoms with van der Waals surface area (Å²) in [5.41, 5.74) is -0.0279. The standard InChI is InChI=1S/C20H28N2O7/c1-2-3-4-9-18(26)21-11-10-16(20(28)29-14(12-23)13-24)22-19(27)15-7-5-6-8-17(15)25/h3-8,14,16,23-25H,2,9-13H2,1H3,(H,21,26)(H,22,27)/b4-3-. The van der Waals surface area contributed by atoms with Gasteiger partial charge in [-0.3, -0.25) is 9.59 Å². The highest BCUT2D eigenvalue weighted by atomic mass is 16.6. The number of allylic oxidation sites excluding steroid dienone is 1. The summed E-state index contributed by atoms with van der Waals surface area (Å²) in [6, 6.07) is 4.67. The molecule has 1 aromatic rings. The first kappa shape index (κ1) is 24.1. The highest BCUT2D eigenvalue weighted by molar-refractivity contribution is 5.99. The van der Waals surface area contributed by atoms with Gasteiger partial charge in [0.25, 0.3) is 5.91 Å². The molecule has 9 nitrogen and oxygen atoms in total. The number of para-hydroxylation sites is 1. The van der Waals surface area contributed by atoms with E-state index in [9.17, 15) is 19.5 Å². The second-order valence-electron chi connectivity index (χ2n) is 6.19. The molecular weight excluding hydrogens is 380 g/mol. The summed E-state index contributed by atoms with van der Waals surface area (Å²) in [7, 11) is 0. The van der Waals surface area contributed by atoms with Crippen molar-refractivity contribution in [3.05, 3.63) is 42.0 Å². The molecule has 0 saturated heterocycles. The maximum atomic E-state index is 12.4. The van der Waals surface area contributed by atoms with E-state index in [1.54, 1.807) is 18.2 Å². The fourth-order valence-corrected chi connectivity index (χ4v) is 2.31. The predicted molar refractivity (Wildman–Crippen MR) is 105 cm³/mol. The van der Waals surface area contributed by atoms with Crippen molar-refractivity contribution in [2.75, 3.05) is 19.8 Å². The number of esters is 1. The molecule has 0 fully saturated rings. The molecule has 0 saturated carbocycles. The number of amides is 2. The number of hydrogen-bond acceptors (Lipinski definition) is 7. The average molecular weight is 408 g/mol. The number of aromatic hydroxyl groups is 1. The van der Waals surface area contributed by atoms with Crippen molar-refractivity contribution in [1.82, 2.24) is 10.6 Å². The zero-order valence-corrected chi connectivity index (χ0v) is 16.3. The molecule has 0 spiro atoms. The Morgan fingerprint density at radius 1 is 1.14 bits per heavy atom. The van der Waals surface area contributed by atoms with Crippen LogP contribution in [0.15, 0.2) is 36.4 Å². The van der Waals surface area contributed by atoms with Gasteiger partial charge in [0.05, 0.1) is 18.8 Å². The van der Waals surface area contributed by atoms with Crippen LogP contribution >= 0.6 is 0 Å². The van der Waals surface area contributed by atoms with Gasteiger partial charge in [0.1, 0.15) is 17.9 Å². The van der Waals surface area contributed by atoms with Gasteiger partial charge >= 0.3 is 5.97 Å².